The van der Waals surface area contributed by atoms with Gasteiger partial charge in [-0.25, -0.2) is 4.98 Å². The molecule has 0 aliphatic heterocycles. The lowest BCUT2D eigenvalue weighted by atomic mass is 10.2. The van der Waals surface area contributed by atoms with Gasteiger partial charge in [0.2, 0.25) is 0 Å². The Balaban J connectivity index is 2.13. The van der Waals surface area contributed by atoms with Crippen LogP contribution in [0.3, 0.4) is 0 Å². The molecular formula is C14H14ClF3N2. The zero-order valence-electron chi connectivity index (χ0n) is 10.9. The van der Waals surface area contributed by atoms with Crippen LogP contribution in [0.15, 0.2) is 18.2 Å². The first-order valence-electron chi connectivity index (χ1n) is 6.56. The van der Waals surface area contributed by atoms with Crippen LogP contribution in [0.4, 0.5) is 13.2 Å². The lowest BCUT2D eigenvalue weighted by Crippen LogP contribution is -2.05. The van der Waals surface area contributed by atoms with E-state index in [9.17, 15) is 13.2 Å². The molecule has 108 valence electrons. The molecule has 1 aromatic carbocycles. The van der Waals surface area contributed by atoms with Crippen LogP contribution in [-0.4, -0.2) is 15.4 Å². The smallest absolute Gasteiger partial charge is 0.325 e. The van der Waals surface area contributed by atoms with Crippen molar-refractivity contribution in [1.29, 1.82) is 0 Å². The Bertz CT molecular complexity index is 648. The predicted molar refractivity (Wildman–Crippen MR) is 72.0 cm³/mol. The minimum atomic E-state index is -4.34. The summed E-state index contributed by atoms with van der Waals surface area (Å²) in [5, 5.41) is 0. The van der Waals surface area contributed by atoms with Crippen molar-refractivity contribution in [2.75, 3.05) is 5.88 Å². The predicted octanol–water partition coefficient (Wildman–Crippen LogP) is 4.42. The third kappa shape index (κ3) is 2.28. The van der Waals surface area contributed by atoms with E-state index in [-0.39, 0.29) is 0 Å². The van der Waals surface area contributed by atoms with Crippen LogP contribution < -0.4 is 0 Å². The van der Waals surface area contributed by atoms with E-state index in [0.717, 1.165) is 29.9 Å². The fraction of sp³-hybridized carbons (Fsp3) is 0.500. The Labute approximate surface area is 119 Å². The molecule has 1 aliphatic rings. The van der Waals surface area contributed by atoms with Crippen molar-refractivity contribution >= 4 is 22.6 Å². The number of hydrogen-bond donors (Lipinski definition) is 0. The van der Waals surface area contributed by atoms with E-state index in [0.29, 0.717) is 29.8 Å². The van der Waals surface area contributed by atoms with Gasteiger partial charge in [0.05, 0.1) is 16.6 Å². The third-order valence-electron chi connectivity index (χ3n) is 3.81. The molecule has 1 heterocycles. The molecule has 0 saturated heterocycles. The molecule has 6 heteroatoms. The zero-order chi connectivity index (χ0) is 14.5. The first-order valence-corrected chi connectivity index (χ1v) is 7.09. The normalized spacial score (nSPS) is 22.4. The Morgan fingerprint density at radius 1 is 1.40 bits per heavy atom. The Kier molecular flexibility index (Phi) is 3.20. The second-order valence-corrected chi connectivity index (χ2v) is 5.70. The van der Waals surface area contributed by atoms with Gasteiger partial charge in [-0.3, -0.25) is 0 Å². The van der Waals surface area contributed by atoms with E-state index in [2.05, 4.69) is 16.5 Å². The molecule has 1 aromatic heterocycles. The van der Waals surface area contributed by atoms with Crippen LogP contribution in [0, 0.1) is 5.92 Å². The molecule has 1 saturated carbocycles. The van der Waals surface area contributed by atoms with Crippen molar-refractivity contribution in [3.05, 3.63) is 29.6 Å². The van der Waals surface area contributed by atoms with Gasteiger partial charge >= 0.3 is 6.18 Å². The van der Waals surface area contributed by atoms with Crippen molar-refractivity contribution in [1.82, 2.24) is 9.55 Å². The number of fused-ring (bicyclic) bond motifs is 1. The number of halogens is 4. The monoisotopic (exact) mass is 302 g/mol. The van der Waals surface area contributed by atoms with E-state index < -0.39 is 11.7 Å². The molecule has 2 atom stereocenters. The molecule has 20 heavy (non-hydrogen) atoms. The molecule has 1 fully saturated rings. The van der Waals surface area contributed by atoms with E-state index in [1.54, 1.807) is 0 Å². The summed E-state index contributed by atoms with van der Waals surface area (Å²) >= 11 is 5.77. The van der Waals surface area contributed by atoms with Crippen molar-refractivity contribution < 1.29 is 13.2 Å². The minimum Gasteiger partial charge on any atom is -0.325 e. The highest BCUT2D eigenvalue weighted by Crippen LogP contribution is 2.45. The quantitative estimate of drug-likeness (QED) is 0.768. The zero-order valence-corrected chi connectivity index (χ0v) is 11.7. The highest BCUT2D eigenvalue weighted by Gasteiger charge is 2.37. The van der Waals surface area contributed by atoms with Crippen molar-refractivity contribution in [3.8, 4) is 0 Å². The molecule has 1 aliphatic carbocycles. The van der Waals surface area contributed by atoms with Crippen LogP contribution in [-0.2, 0) is 12.6 Å². The first kappa shape index (κ1) is 13.7. The number of hydrogen-bond acceptors (Lipinski definition) is 1. The van der Waals surface area contributed by atoms with Crippen LogP contribution in [0.1, 0.15) is 30.8 Å². The van der Waals surface area contributed by atoms with Crippen LogP contribution in [0.25, 0.3) is 11.0 Å². The van der Waals surface area contributed by atoms with Crippen molar-refractivity contribution in [2.24, 2.45) is 5.92 Å². The number of imidazole rings is 1. The summed E-state index contributed by atoms with van der Waals surface area (Å²) < 4.78 is 40.3. The number of aryl methyl sites for hydroxylation is 1. The average molecular weight is 303 g/mol. The Morgan fingerprint density at radius 3 is 2.65 bits per heavy atom. The lowest BCUT2D eigenvalue weighted by molar-refractivity contribution is -0.137. The highest BCUT2D eigenvalue weighted by atomic mass is 35.5. The number of benzene rings is 1. The largest absolute Gasteiger partial charge is 0.416 e. The van der Waals surface area contributed by atoms with Gasteiger partial charge in [-0.15, -0.1) is 11.6 Å². The summed E-state index contributed by atoms with van der Waals surface area (Å²) in [7, 11) is 0. The second kappa shape index (κ2) is 4.65. The fourth-order valence-electron chi connectivity index (χ4n) is 2.62. The van der Waals surface area contributed by atoms with Gasteiger partial charge in [0.1, 0.15) is 5.82 Å². The summed E-state index contributed by atoms with van der Waals surface area (Å²) in [5.74, 6) is 1.74. The summed E-state index contributed by atoms with van der Waals surface area (Å²) in [5.41, 5.74) is 0.516. The number of nitrogens with zero attached hydrogens (tertiary/aromatic N) is 2. The molecule has 3 rings (SSSR count). The van der Waals surface area contributed by atoms with E-state index in [1.807, 2.05) is 0 Å². The minimum absolute atomic E-state index is 0.343. The fourth-order valence-corrected chi connectivity index (χ4v) is 2.79. The highest BCUT2D eigenvalue weighted by molar-refractivity contribution is 6.17. The maximum Gasteiger partial charge on any atom is 0.416 e. The maximum atomic E-state index is 12.7. The molecule has 0 amide bonds. The van der Waals surface area contributed by atoms with Gasteiger partial charge in [0.15, 0.2) is 0 Å². The van der Waals surface area contributed by atoms with Gasteiger partial charge in [0, 0.05) is 18.3 Å². The van der Waals surface area contributed by atoms with Gasteiger partial charge in [-0.2, -0.15) is 13.2 Å². The summed E-state index contributed by atoms with van der Waals surface area (Å²) in [4.78, 5) is 4.35. The van der Waals surface area contributed by atoms with Crippen LogP contribution >= 0.6 is 11.6 Å². The number of alkyl halides is 4. The molecule has 0 N–H and O–H groups in total. The van der Waals surface area contributed by atoms with Crippen molar-refractivity contribution in [2.45, 2.75) is 32.0 Å². The molecule has 0 bridgehead atoms. The molecule has 2 nitrogen and oxygen atoms in total. The summed E-state index contributed by atoms with van der Waals surface area (Å²) in [6, 6.07) is 4.11. The average Bonchev–Trinajstić information content (AvgIpc) is 2.97. The first-order chi connectivity index (χ1) is 9.41. The summed E-state index contributed by atoms with van der Waals surface area (Å²) in [6.07, 6.45) is -2.72. The molecule has 0 spiro atoms. The Morgan fingerprint density at radius 2 is 2.10 bits per heavy atom. The molecule has 2 unspecified atom stereocenters. The van der Waals surface area contributed by atoms with Gasteiger partial charge in [-0.1, -0.05) is 6.92 Å². The second-order valence-electron chi connectivity index (χ2n) is 5.32. The van der Waals surface area contributed by atoms with E-state index in [4.69, 9.17) is 11.6 Å². The van der Waals surface area contributed by atoms with Gasteiger partial charge in [0.25, 0.3) is 0 Å². The number of aromatic nitrogens is 2. The topological polar surface area (TPSA) is 17.8 Å². The standard InChI is InChI=1S/C14H14ClF3N2/c1-8-6-12(8)20-11-3-2-9(14(16,17)18)7-10(11)19-13(20)4-5-15/h2-3,7-8,12H,4-6H2,1H3. The van der Waals surface area contributed by atoms with Crippen molar-refractivity contribution in [3.63, 3.8) is 0 Å². The Hall–Kier alpha value is -1.23. The van der Waals surface area contributed by atoms with E-state index in [1.165, 1.54) is 6.07 Å². The van der Waals surface area contributed by atoms with Crippen LogP contribution in [0.2, 0.25) is 0 Å². The third-order valence-corrected chi connectivity index (χ3v) is 4.00. The van der Waals surface area contributed by atoms with Gasteiger partial charge < -0.3 is 4.57 Å². The van der Waals surface area contributed by atoms with Crippen LogP contribution in [0.5, 0.6) is 0 Å². The molecular weight excluding hydrogens is 289 g/mol. The lowest BCUT2D eigenvalue weighted by Gasteiger charge is -2.08. The number of rotatable bonds is 3. The SMILES string of the molecule is CC1CC1n1c(CCCl)nc2cc(C(F)(F)F)ccc21. The molecule has 2 aromatic rings. The van der Waals surface area contributed by atoms with E-state index >= 15 is 0 Å². The van der Waals surface area contributed by atoms with Gasteiger partial charge in [-0.05, 0) is 30.5 Å². The maximum absolute atomic E-state index is 12.7. The molecule has 0 radical (unpaired) electrons. The summed E-state index contributed by atoms with van der Waals surface area (Å²) in [6.45, 7) is 2.13.